The summed E-state index contributed by atoms with van der Waals surface area (Å²) in [6, 6.07) is 7.37. The molecule has 5 nitrogen and oxygen atoms in total. The van der Waals surface area contributed by atoms with Gasteiger partial charge in [-0.25, -0.2) is 4.39 Å². The quantitative estimate of drug-likeness (QED) is 0.620. The Morgan fingerprint density at radius 1 is 1.50 bits per heavy atom. The van der Waals surface area contributed by atoms with Crippen molar-refractivity contribution in [3.05, 3.63) is 30.1 Å². The van der Waals surface area contributed by atoms with Crippen molar-refractivity contribution in [2.75, 3.05) is 12.5 Å². The molecule has 0 heterocycles. The smallest absolute Gasteiger partial charge is 0.182 e. The van der Waals surface area contributed by atoms with Gasteiger partial charge in [0.1, 0.15) is 25.2 Å². The molecular weight excluding hydrogens is 211 g/mol. The van der Waals surface area contributed by atoms with E-state index < -0.39 is 0 Å². The second-order valence-corrected chi connectivity index (χ2v) is 2.64. The van der Waals surface area contributed by atoms with Gasteiger partial charge in [-0.3, -0.25) is 5.43 Å². The van der Waals surface area contributed by atoms with E-state index in [1.54, 1.807) is 6.07 Å². The lowest BCUT2D eigenvalue weighted by molar-refractivity contribution is 0.216. The van der Waals surface area contributed by atoms with E-state index in [1.165, 1.54) is 31.4 Å². The van der Waals surface area contributed by atoms with E-state index in [2.05, 4.69) is 20.5 Å². The molecule has 0 bridgehead atoms. The normalized spacial score (nSPS) is 11.2. The molecule has 1 N–H and O–H groups in total. The lowest BCUT2D eigenvalue weighted by Gasteiger charge is -1.98. The zero-order valence-corrected chi connectivity index (χ0v) is 8.51. The zero-order chi connectivity index (χ0) is 11.8. The maximum atomic E-state index is 12.6. The molecule has 0 amide bonds. The van der Waals surface area contributed by atoms with E-state index in [0.29, 0.717) is 5.69 Å². The van der Waals surface area contributed by atoms with E-state index in [0.717, 1.165) is 6.21 Å². The summed E-state index contributed by atoms with van der Waals surface area (Å²) in [7, 11) is 1.36. The highest BCUT2D eigenvalue weighted by molar-refractivity contribution is 6.37. The van der Waals surface area contributed by atoms with Gasteiger partial charge in [-0.05, 0) is 24.3 Å². The van der Waals surface area contributed by atoms with Crippen LogP contribution >= 0.6 is 0 Å². The monoisotopic (exact) mass is 220 g/mol. The van der Waals surface area contributed by atoms with Gasteiger partial charge < -0.3 is 4.84 Å². The van der Waals surface area contributed by atoms with Crippen molar-refractivity contribution in [2.24, 2.45) is 10.3 Å². The molecule has 0 unspecified atom stereocenters. The van der Waals surface area contributed by atoms with Gasteiger partial charge in [-0.2, -0.15) is 10.4 Å². The minimum atomic E-state index is -0.337. The van der Waals surface area contributed by atoms with Crippen LogP contribution in [0.25, 0.3) is 0 Å². The summed E-state index contributed by atoms with van der Waals surface area (Å²) in [5.41, 5.74) is 3.20. The van der Waals surface area contributed by atoms with Crippen LogP contribution in [-0.4, -0.2) is 19.0 Å². The van der Waals surface area contributed by atoms with Crippen LogP contribution in [0.5, 0.6) is 0 Å². The predicted molar refractivity (Wildman–Crippen MR) is 58.6 cm³/mol. The van der Waals surface area contributed by atoms with Gasteiger partial charge in [-0.15, -0.1) is 0 Å². The third kappa shape index (κ3) is 3.75. The van der Waals surface area contributed by atoms with E-state index in [9.17, 15) is 4.39 Å². The highest BCUT2D eigenvalue weighted by atomic mass is 19.1. The molecule has 0 fully saturated rings. The van der Waals surface area contributed by atoms with E-state index in [4.69, 9.17) is 5.26 Å². The third-order valence-corrected chi connectivity index (χ3v) is 1.54. The average Bonchev–Trinajstić information content (AvgIpc) is 2.32. The number of hydrogen-bond donors (Lipinski definition) is 1. The van der Waals surface area contributed by atoms with Gasteiger partial charge in [0, 0.05) is 0 Å². The number of nitriles is 1. The number of hydrazone groups is 1. The Kier molecular flexibility index (Phi) is 4.47. The van der Waals surface area contributed by atoms with Crippen LogP contribution in [0.15, 0.2) is 34.5 Å². The molecule has 16 heavy (non-hydrogen) atoms. The maximum absolute atomic E-state index is 12.6. The van der Waals surface area contributed by atoms with Crippen molar-refractivity contribution < 1.29 is 9.23 Å². The largest absolute Gasteiger partial charge is 0.399 e. The summed E-state index contributed by atoms with van der Waals surface area (Å²) in [6.45, 7) is 0. The Balaban J connectivity index is 2.67. The summed E-state index contributed by atoms with van der Waals surface area (Å²) in [6.07, 6.45) is 1.16. The predicted octanol–water partition coefficient (Wildman–Crippen LogP) is 1.75. The fraction of sp³-hybridized carbons (Fsp3) is 0.100. The average molecular weight is 220 g/mol. The summed E-state index contributed by atoms with van der Waals surface area (Å²) in [4.78, 5) is 4.40. The number of oxime groups is 1. The molecule has 0 aliphatic carbocycles. The van der Waals surface area contributed by atoms with Crippen molar-refractivity contribution in [1.29, 1.82) is 5.26 Å². The second-order valence-electron chi connectivity index (χ2n) is 2.64. The molecule has 1 rings (SSSR count). The first-order chi connectivity index (χ1) is 7.76. The van der Waals surface area contributed by atoms with Crippen molar-refractivity contribution in [3.63, 3.8) is 0 Å². The molecule has 1 aromatic carbocycles. The van der Waals surface area contributed by atoms with Gasteiger partial charge in [0.05, 0.1) is 5.69 Å². The highest BCUT2D eigenvalue weighted by Crippen LogP contribution is 2.07. The number of anilines is 1. The molecule has 0 aromatic heterocycles. The van der Waals surface area contributed by atoms with E-state index in [1.807, 2.05) is 0 Å². The van der Waals surface area contributed by atoms with Crippen LogP contribution in [0, 0.1) is 17.1 Å². The molecule has 0 saturated heterocycles. The van der Waals surface area contributed by atoms with Gasteiger partial charge in [0.15, 0.2) is 5.71 Å². The Bertz CT molecular complexity index is 433. The Labute approximate surface area is 91.8 Å². The molecule has 0 radical (unpaired) electrons. The van der Waals surface area contributed by atoms with Crippen molar-refractivity contribution in [1.82, 2.24) is 0 Å². The Morgan fingerprint density at radius 3 is 2.75 bits per heavy atom. The lowest BCUT2D eigenvalue weighted by Crippen LogP contribution is -2.01. The number of benzene rings is 1. The van der Waals surface area contributed by atoms with Crippen LogP contribution in [0.1, 0.15) is 0 Å². The van der Waals surface area contributed by atoms with E-state index in [-0.39, 0.29) is 11.5 Å². The highest BCUT2D eigenvalue weighted by Gasteiger charge is 1.94. The molecule has 82 valence electrons. The standard InChI is InChI=1S/C10H9FN4O/c1-16-13-7-10(6-12)15-14-9-4-2-8(11)3-5-9/h2-5,7,14H,1H3/b13-7+,15-10-. The van der Waals surface area contributed by atoms with Crippen LogP contribution in [-0.2, 0) is 4.84 Å². The van der Waals surface area contributed by atoms with E-state index >= 15 is 0 Å². The second kappa shape index (κ2) is 6.14. The first-order valence-corrected chi connectivity index (χ1v) is 4.32. The molecule has 6 heteroatoms. The summed E-state index contributed by atoms with van der Waals surface area (Å²) >= 11 is 0. The van der Waals surface area contributed by atoms with Crippen molar-refractivity contribution >= 4 is 17.6 Å². The number of nitrogens with zero attached hydrogens (tertiary/aromatic N) is 3. The number of rotatable bonds is 4. The first kappa shape index (κ1) is 11.7. The number of hydrogen-bond acceptors (Lipinski definition) is 5. The Morgan fingerprint density at radius 2 is 2.19 bits per heavy atom. The number of nitrogens with one attached hydrogen (secondary N) is 1. The summed E-state index contributed by atoms with van der Waals surface area (Å²) < 4.78 is 12.6. The SMILES string of the molecule is CO/N=C/C(C#N)=N\Nc1ccc(F)cc1. The van der Waals surface area contributed by atoms with Gasteiger partial charge >= 0.3 is 0 Å². The minimum absolute atomic E-state index is 0.0474. The fourth-order valence-electron chi connectivity index (χ4n) is 0.835. The van der Waals surface area contributed by atoms with Crippen molar-refractivity contribution in [3.8, 4) is 6.07 Å². The zero-order valence-electron chi connectivity index (χ0n) is 8.51. The lowest BCUT2D eigenvalue weighted by atomic mass is 10.3. The van der Waals surface area contributed by atoms with Gasteiger partial charge in [0.25, 0.3) is 0 Å². The number of halogens is 1. The van der Waals surface area contributed by atoms with Crippen LogP contribution in [0.4, 0.5) is 10.1 Å². The molecule has 0 atom stereocenters. The molecule has 0 aliphatic rings. The van der Waals surface area contributed by atoms with Gasteiger partial charge in [-0.1, -0.05) is 5.16 Å². The molecule has 0 aliphatic heterocycles. The van der Waals surface area contributed by atoms with Crippen molar-refractivity contribution in [2.45, 2.75) is 0 Å². The summed E-state index contributed by atoms with van der Waals surface area (Å²) in [5, 5.41) is 15.8. The minimum Gasteiger partial charge on any atom is -0.399 e. The van der Waals surface area contributed by atoms with Gasteiger partial charge in [0.2, 0.25) is 0 Å². The Hall–Kier alpha value is -2.42. The topological polar surface area (TPSA) is 69.8 Å². The third-order valence-electron chi connectivity index (χ3n) is 1.54. The van der Waals surface area contributed by atoms with Crippen LogP contribution in [0.3, 0.4) is 0 Å². The summed E-state index contributed by atoms with van der Waals surface area (Å²) in [5.74, 6) is -0.337. The molecule has 0 saturated carbocycles. The molecular formula is C10H9FN4O. The maximum Gasteiger partial charge on any atom is 0.182 e. The van der Waals surface area contributed by atoms with Crippen LogP contribution < -0.4 is 5.43 Å². The van der Waals surface area contributed by atoms with Crippen LogP contribution in [0.2, 0.25) is 0 Å². The molecule has 0 spiro atoms. The molecule has 1 aromatic rings. The first-order valence-electron chi connectivity index (χ1n) is 4.32. The fourth-order valence-corrected chi connectivity index (χ4v) is 0.835.